The summed E-state index contributed by atoms with van der Waals surface area (Å²) in [7, 11) is 0. The van der Waals surface area contributed by atoms with Crippen LogP contribution in [-0.4, -0.2) is 10.8 Å². The van der Waals surface area contributed by atoms with E-state index in [0.717, 1.165) is 23.1 Å². The lowest BCUT2D eigenvalue weighted by atomic mass is 9.97. The number of rotatable bonds is 2. The molecule has 4 rings (SSSR count). The molecule has 1 aromatic heterocycles. The highest BCUT2D eigenvalue weighted by Gasteiger charge is 2.16. The predicted octanol–water partition coefficient (Wildman–Crippen LogP) is 4.49. The second-order valence-corrected chi connectivity index (χ2v) is 6.20. The first-order valence-electron chi connectivity index (χ1n) is 7.01. The lowest BCUT2D eigenvalue weighted by Gasteiger charge is -2.09. The van der Waals surface area contributed by atoms with Gasteiger partial charge < -0.3 is 0 Å². The monoisotopic (exact) mass is 291 g/mol. The van der Waals surface area contributed by atoms with Crippen molar-refractivity contribution in [3.05, 3.63) is 70.2 Å². The predicted molar refractivity (Wildman–Crippen MR) is 86.8 cm³/mol. The van der Waals surface area contributed by atoms with E-state index in [0.29, 0.717) is 10.6 Å². The van der Waals surface area contributed by atoms with Crippen molar-refractivity contribution in [2.24, 2.45) is 0 Å². The van der Waals surface area contributed by atoms with Crippen LogP contribution >= 0.6 is 11.3 Å². The van der Waals surface area contributed by atoms with E-state index in [9.17, 15) is 4.79 Å². The third-order valence-corrected chi connectivity index (χ3v) is 4.77. The first-order valence-corrected chi connectivity index (χ1v) is 7.83. The summed E-state index contributed by atoms with van der Waals surface area (Å²) in [6, 6.07) is 13.6. The number of aryl methyl sites for hydroxylation is 1. The SMILES string of the molecule is O=C(c1ccccc1)c1nc2cc3c(cc2s1)CCC=C3. The quantitative estimate of drug-likeness (QED) is 0.651. The fraction of sp³-hybridized carbons (Fsp3) is 0.111. The van der Waals surface area contributed by atoms with Crippen molar-refractivity contribution in [1.82, 2.24) is 4.98 Å². The molecule has 2 nitrogen and oxygen atoms in total. The van der Waals surface area contributed by atoms with Gasteiger partial charge in [-0.2, -0.15) is 0 Å². The van der Waals surface area contributed by atoms with Crippen LogP contribution in [0.1, 0.15) is 32.9 Å². The number of benzene rings is 2. The summed E-state index contributed by atoms with van der Waals surface area (Å²) >= 11 is 1.49. The molecule has 102 valence electrons. The Morgan fingerprint density at radius 1 is 1.14 bits per heavy atom. The molecule has 21 heavy (non-hydrogen) atoms. The minimum Gasteiger partial charge on any atom is -0.286 e. The molecular weight excluding hydrogens is 278 g/mol. The summed E-state index contributed by atoms with van der Waals surface area (Å²) in [4.78, 5) is 17.0. The first-order chi connectivity index (χ1) is 10.3. The van der Waals surface area contributed by atoms with E-state index in [-0.39, 0.29) is 5.78 Å². The van der Waals surface area contributed by atoms with Gasteiger partial charge in [-0.1, -0.05) is 42.5 Å². The van der Waals surface area contributed by atoms with Gasteiger partial charge in [0.2, 0.25) is 5.78 Å². The van der Waals surface area contributed by atoms with Crippen LogP contribution in [0.3, 0.4) is 0 Å². The Labute approximate surface area is 126 Å². The van der Waals surface area contributed by atoms with Crippen molar-refractivity contribution in [3.8, 4) is 0 Å². The van der Waals surface area contributed by atoms with E-state index in [1.807, 2.05) is 30.3 Å². The van der Waals surface area contributed by atoms with E-state index in [1.165, 1.54) is 22.5 Å². The Balaban J connectivity index is 1.81. The van der Waals surface area contributed by atoms with Crippen LogP contribution in [0.15, 0.2) is 48.5 Å². The maximum Gasteiger partial charge on any atom is 0.221 e. The van der Waals surface area contributed by atoms with Crippen LogP contribution in [0.5, 0.6) is 0 Å². The molecule has 0 atom stereocenters. The third-order valence-electron chi connectivity index (χ3n) is 3.76. The molecule has 0 spiro atoms. The van der Waals surface area contributed by atoms with Crippen LogP contribution in [-0.2, 0) is 6.42 Å². The van der Waals surface area contributed by atoms with Crippen molar-refractivity contribution in [3.63, 3.8) is 0 Å². The summed E-state index contributed by atoms with van der Waals surface area (Å²) < 4.78 is 1.10. The van der Waals surface area contributed by atoms with Crippen molar-refractivity contribution in [1.29, 1.82) is 0 Å². The molecule has 0 unspecified atom stereocenters. The van der Waals surface area contributed by atoms with Gasteiger partial charge in [0, 0.05) is 5.56 Å². The van der Waals surface area contributed by atoms with Gasteiger partial charge >= 0.3 is 0 Å². The van der Waals surface area contributed by atoms with Crippen molar-refractivity contribution in [2.75, 3.05) is 0 Å². The summed E-state index contributed by atoms with van der Waals surface area (Å²) in [6.07, 6.45) is 6.50. The van der Waals surface area contributed by atoms with E-state index >= 15 is 0 Å². The number of carbonyl (C=O) groups is 1. The number of ketones is 1. The Hall–Kier alpha value is -2.26. The van der Waals surface area contributed by atoms with Gasteiger partial charge in [-0.15, -0.1) is 11.3 Å². The van der Waals surface area contributed by atoms with Crippen LogP contribution in [0.2, 0.25) is 0 Å². The molecule has 0 N–H and O–H groups in total. The minimum atomic E-state index is 0.00492. The Kier molecular flexibility index (Phi) is 2.93. The molecule has 0 fully saturated rings. The Morgan fingerprint density at radius 3 is 2.86 bits per heavy atom. The zero-order valence-electron chi connectivity index (χ0n) is 11.4. The topological polar surface area (TPSA) is 30.0 Å². The lowest BCUT2D eigenvalue weighted by molar-refractivity contribution is 0.103. The molecule has 3 heteroatoms. The molecule has 0 saturated heterocycles. The number of aromatic nitrogens is 1. The van der Waals surface area contributed by atoms with E-state index < -0.39 is 0 Å². The normalized spacial score (nSPS) is 13.3. The van der Waals surface area contributed by atoms with E-state index in [2.05, 4.69) is 29.3 Å². The van der Waals surface area contributed by atoms with E-state index in [4.69, 9.17) is 0 Å². The van der Waals surface area contributed by atoms with Gasteiger partial charge in [-0.25, -0.2) is 4.98 Å². The van der Waals surface area contributed by atoms with Gasteiger partial charge in [0.15, 0.2) is 5.01 Å². The average molecular weight is 291 g/mol. The fourth-order valence-corrected chi connectivity index (χ4v) is 3.64. The second-order valence-electron chi connectivity index (χ2n) is 5.17. The number of fused-ring (bicyclic) bond motifs is 2. The zero-order valence-corrected chi connectivity index (χ0v) is 12.2. The first kappa shape index (κ1) is 12.5. The second kappa shape index (κ2) is 4.93. The number of nitrogens with zero attached hydrogens (tertiary/aromatic N) is 1. The smallest absolute Gasteiger partial charge is 0.221 e. The molecule has 0 saturated carbocycles. The minimum absolute atomic E-state index is 0.00492. The Morgan fingerprint density at radius 2 is 2.00 bits per heavy atom. The molecule has 2 aromatic carbocycles. The van der Waals surface area contributed by atoms with Gasteiger partial charge in [0.25, 0.3) is 0 Å². The number of hydrogen-bond acceptors (Lipinski definition) is 3. The molecule has 1 aliphatic rings. The third kappa shape index (κ3) is 2.20. The molecule has 1 aliphatic carbocycles. The van der Waals surface area contributed by atoms with Crippen molar-refractivity contribution >= 4 is 33.4 Å². The molecule has 0 bridgehead atoms. The molecule has 1 heterocycles. The van der Waals surface area contributed by atoms with Gasteiger partial charge in [-0.3, -0.25) is 4.79 Å². The van der Waals surface area contributed by atoms with Crippen LogP contribution in [0, 0.1) is 0 Å². The summed E-state index contributed by atoms with van der Waals surface area (Å²) in [5.41, 5.74) is 4.20. The molecular formula is C18H13NOS. The number of carbonyl (C=O) groups excluding carboxylic acids is 1. The molecule has 0 aliphatic heterocycles. The van der Waals surface area contributed by atoms with Crippen molar-refractivity contribution < 1.29 is 4.79 Å². The van der Waals surface area contributed by atoms with Gasteiger partial charge in [0.1, 0.15) is 0 Å². The van der Waals surface area contributed by atoms with Gasteiger partial charge in [-0.05, 0) is 36.1 Å². The summed E-state index contributed by atoms with van der Waals surface area (Å²) in [5, 5.41) is 0.572. The lowest BCUT2D eigenvalue weighted by Crippen LogP contribution is -1.99. The molecule has 0 radical (unpaired) electrons. The largest absolute Gasteiger partial charge is 0.286 e. The highest BCUT2D eigenvalue weighted by molar-refractivity contribution is 7.20. The maximum atomic E-state index is 12.5. The number of hydrogen-bond donors (Lipinski definition) is 0. The highest BCUT2D eigenvalue weighted by Crippen LogP contribution is 2.30. The van der Waals surface area contributed by atoms with Crippen LogP contribution < -0.4 is 0 Å². The zero-order chi connectivity index (χ0) is 14.2. The van der Waals surface area contributed by atoms with Gasteiger partial charge in [0.05, 0.1) is 10.2 Å². The van der Waals surface area contributed by atoms with Crippen LogP contribution in [0.4, 0.5) is 0 Å². The summed E-state index contributed by atoms with van der Waals surface area (Å²) in [6.45, 7) is 0. The standard InChI is InChI=1S/C18H13NOS/c20-17(12-6-2-1-3-7-12)18-19-15-10-13-8-4-5-9-14(13)11-16(15)21-18/h1-4,6-8,10-11H,5,9H2. The maximum absolute atomic E-state index is 12.5. The van der Waals surface area contributed by atoms with Crippen LogP contribution in [0.25, 0.3) is 16.3 Å². The summed E-state index contributed by atoms with van der Waals surface area (Å²) in [5.74, 6) is 0.00492. The average Bonchev–Trinajstić information content (AvgIpc) is 2.95. The van der Waals surface area contributed by atoms with E-state index in [1.54, 1.807) is 0 Å². The number of thiazole rings is 1. The number of allylic oxidation sites excluding steroid dienone is 1. The molecule has 3 aromatic rings. The van der Waals surface area contributed by atoms with Crippen molar-refractivity contribution in [2.45, 2.75) is 12.8 Å². The molecule has 0 amide bonds. The fourth-order valence-electron chi connectivity index (χ4n) is 2.66. The highest BCUT2D eigenvalue weighted by atomic mass is 32.1. The Bertz CT molecular complexity index is 862.